The van der Waals surface area contributed by atoms with Gasteiger partial charge < -0.3 is 0 Å². The van der Waals surface area contributed by atoms with Crippen molar-refractivity contribution in [1.29, 1.82) is 0 Å². The number of aromatic nitrogens is 1. The highest BCUT2D eigenvalue weighted by molar-refractivity contribution is 5.79. The van der Waals surface area contributed by atoms with Crippen molar-refractivity contribution in [2.75, 3.05) is 0 Å². The summed E-state index contributed by atoms with van der Waals surface area (Å²) in [6, 6.07) is 10.9. The molecule has 1 heteroatoms. The third-order valence-corrected chi connectivity index (χ3v) is 3.17. The van der Waals surface area contributed by atoms with Crippen LogP contribution in [0.25, 0.3) is 10.9 Å². The Hall–Kier alpha value is -1.37. The zero-order valence-electron chi connectivity index (χ0n) is 11.4. The zero-order valence-corrected chi connectivity index (χ0v) is 11.4. The Balaban J connectivity index is 2.59. The lowest BCUT2D eigenvalue weighted by molar-refractivity contribution is 0.591. The van der Waals surface area contributed by atoms with Gasteiger partial charge in [0.15, 0.2) is 0 Å². The second-order valence-electron chi connectivity index (χ2n) is 6.05. The van der Waals surface area contributed by atoms with Crippen LogP contribution in [-0.4, -0.2) is 4.98 Å². The second kappa shape index (κ2) is 4.14. The molecular weight excluding hydrogens is 206 g/mol. The molecule has 0 amide bonds. The molecule has 0 spiro atoms. The van der Waals surface area contributed by atoms with Gasteiger partial charge in [-0.1, -0.05) is 52.8 Å². The van der Waals surface area contributed by atoms with E-state index in [1.807, 2.05) is 0 Å². The first kappa shape index (κ1) is 12.1. The molecule has 0 N–H and O–H groups in total. The van der Waals surface area contributed by atoms with E-state index in [9.17, 15) is 0 Å². The summed E-state index contributed by atoms with van der Waals surface area (Å²) in [5, 5.41) is 1.22. The fourth-order valence-electron chi connectivity index (χ4n) is 1.92. The van der Waals surface area contributed by atoms with Gasteiger partial charge in [-0.2, -0.15) is 0 Å². The SMILES string of the molecule is CC(C)c1ccc2ccc(C(C)(C)C)cc2n1. The lowest BCUT2D eigenvalue weighted by atomic mass is 9.86. The summed E-state index contributed by atoms with van der Waals surface area (Å²) >= 11 is 0. The molecule has 2 rings (SSSR count). The predicted octanol–water partition coefficient (Wildman–Crippen LogP) is 4.66. The quantitative estimate of drug-likeness (QED) is 0.690. The average molecular weight is 227 g/mol. The van der Waals surface area contributed by atoms with Gasteiger partial charge in [-0.25, -0.2) is 0 Å². The van der Waals surface area contributed by atoms with Crippen LogP contribution in [0.1, 0.15) is 51.8 Å². The van der Waals surface area contributed by atoms with E-state index < -0.39 is 0 Å². The van der Waals surface area contributed by atoms with Gasteiger partial charge in [0, 0.05) is 11.1 Å². The van der Waals surface area contributed by atoms with Crippen molar-refractivity contribution < 1.29 is 0 Å². The fourth-order valence-corrected chi connectivity index (χ4v) is 1.92. The second-order valence-corrected chi connectivity index (χ2v) is 6.05. The van der Waals surface area contributed by atoms with Crippen molar-refractivity contribution in [3.8, 4) is 0 Å². The molecule has 0 aliphatic heterocycles. The molecule has 1 aromatic carbocycles. The first-order valence-electron chi connectivity index (χ1n) is 6.29. The summed E-state index contributed by atoms with van der Waals surface area (Å²) in [5.74, 6) is 0.484. The highest BCUT2D eigenvalue weighted by atomic mass is 14.7. The highest BCUT2D eigenvalue weighted by Crippen LogP contribution is 2.26. The van der Waals surface area contributed by atoms with E-state index in [-0.39, 0.29) is 5.41 Å². The number of hydrogen-bond donors (Lipinski definition) is 0. The van der Waals surface area contributed by atoms with E-state index in [0.717, 1.165) is 5.52 Å². The van der Waals surface area contributed by atoms with E-state index >= 15 is 0 Å². The maximum Gasteiger partial charge on any atom is 0.0708 e. The maximum atomic E-state index is 4.75. The van der Waals surface area contributed by atoms with Gasteiger partial charge in [0.2, 0.25) is 0 Å². The van der Waals surface area contributed by atoms with Gasteiger partial charge in [-0.3, -0.25) is 4.98 Å². The molecule has 0 unspecified atom stereocenters. The van der Waals surface area contributed by atoms with Crippen LogP contribution in [0.15, 0.2) is 30.3 Å². The molecule has 90 valence electrons. The number of nitrogens with zero attached hydrogens (tertiary/aromatic N) is 1. The van der Waals surface area contributed by atoms with Crippen molar-refractivity contribution in [3.63, 3.8) is 0 Å². The molecule has 0 aliphatic rings. The van der Waals surface area contributed by atoms with Gasteiger partial charge in [-0.05, 0) is 29.0 Å². The van der Waals surface area contributed by atoms with Crippen molar-refractivity contribution in [1.82, 2.24) is 4.98 Å². The lowest BCUT2D eigenvalue weighted by Crippen LogP contribution is -2.10. The number of fused-ring (bicyclic) bond motifs is 1. The summed E-state index contributed by atoms with van der Waals surface area (Å²) in [7, 11) is 0. The van der Waals surface area contributed by atoms with Crippen LogP contribution < -0.4 is 0 Å². The van der Waals surface area contributed by atoms with Crippen LogP contribution in [0.3, 0.4) is 0 Å². The van der Waals surface area contributed by atoms with Crippen LogP contribution in [0.2, 0.25) is 0 Å². The van der Waals surface area contributed by atoms with Gasteiger partial charge in [0.05, 0.1) is 5.52 Å². The molecule has 0 aliphatic carbocycles. The van der Waals surface area contributed by atoms with Crippen LogP contribution >= 0.6 is 0 Å². The molecule has 1 aromatic heterocycles. The smallest absolute Gasteiger partial charge is 0.0708 e. The molecule has 17 heavy (non-hydrogen) atoms. The standard InChI is InChI=1S/C16H21N/c1-11(2)14-9-7-12-6-8-13(16(3,4)5)10-15(12)17-14/h6-11H,1-5H3. The van der Waals surface area contributed by atoms with E-state index in [4.69, 9.17) is 4.98 Å². The number of benzene rings is 1. The molecule has 1 heterocycles. The summed E-state index contributed by atoms with van der Waals surface area (Å²) in [5.41, 5.74) is 3.81. The highest BCUT2D eigenvalue weighted by Gasteiger charge is 2.14. The third-order valence-electron chi connectivity index (χ3n) is 3.17. The molecule has 2 aromatic rings. The monoisotopic (exact) mass is 227 g/mol. The number of pyridine rings is 1. The molecule has 0 fully saturated rings. The Morgan fingerprint density at radius 3 is 2.24 bits per heavy atom. The molecule has 0 saturated carbocycles. The predicted molar refractivity (Wildman–Crippen MR) is 74.5 cm³/mol. The zero-order chi connectivity index (χ0) is 12.6. The topological polar surface area (TPSA) is 12.9 Å². The van der Waals surface area contributed by atoms with Crippen LogP contribution in [0.4, 0.5) is 0 Å². The molecule has 0 atom stereocenters. The summed E-state index contributed by atoms with van der Waals surface area (Å²) in [6.45, 7) is 11.1. The van der Waals surface area contributed by atoms with Crippen LogP contribution in [0, 0.1) is 0 Å². The number of hydrogen-bond acceptors (Lipinski definition) is 1. The number of rotatable bonds is 1. The third kappa shape index (κ3) is 2.49. The maximum absolute atomic E-state index is 4.75. The van der Waals surface area contributed by atoms with Gasteiger partial charge in [-0.15, -0.1) is 0 Å². The molecular formula is C16H21N. The summed E-state index contributed by atoms with van der Waals surface area (Å²) < 4.78 is 0. The Kier molecular flexibility index (Phi) is 2.94. The van der Waals surface area contributed by atoms with E-state index in [2.05, 4.69) is 65.0 Å². The minimum atomic E-state index is 0.184. The van der Waals surface area contributed by atoms with E-state index in [0.29, 0.717) is 5.92 Å². The first-order valence-corrected chi connectivity index (χ1v) is 6.29. The molecule has 0 bridgehead atoms. The van der Waals surface area contributed by atoms with E-state index in [1.54, 1.807) is 0 Å². The van der Waals surface area contributed by atoms with Gasteiger partial charge >= 0.3 is 0 Å². The Labute approximate surface area is 104 Å². The van der Waals surface area contributed by atoms with Crippen molar-refractivity contribution in [2.45, 2.75) is 46.0 Å². The minimum absolute atomic E-state index is 0.184. The molecule has 0 radical (unpaired) electrons. The average Bonchev–Trinajstić information content (AvgIpc) is 2.26. The Morgan fingerprint density at radius 2 is 1.65 bits per heavy atom. The summed E-state index contributed by atoms with van der Waals surface area (Å²) in [4.78, 5) is 4.75. The Bertz CT molecular complexity index is 533. The van der Waals surface area contributed by atoms with Crippen LogP contribution in [-0.2, 0) is 5.41 Å². The fraction of sp³-hybridized carbons (Fsp3) is 0.438. The van der Waals surface area contributed by atoms with Crippen molar-refractivity contribution in [3.05, 3.63) is 41.6 Å². The van der Waals surface area contributed by atoms with Crippen molar-refractivity contribution >= 4 is 10.9 Å². The minimum Gasteiger partial charge on any atom is -0.253 e. The van der Waals surface area contributed by atoms with E-state index in [1.165, 1.54) is 16.6 Å². The molecule has 0 saturated heterocycles. The Morgan fingerprint density at radius 1 is 1.00 bits per heavy atom. The molecule has 1 nitrogen and oxygen atoms in total. The normalized spacial score (nSPS) is 12.4. The first-order chi connectivity index (χ1) is 7.88. The van der Waals surface area contributed by atoms with Gasteiger partial charge in [0.25, 0.3) is 0 Å². The van der Waals surface area contributed by atoms with Crippen molar-refractivity contribution in [2.24, 2.45) is 0 Å². The van der Waals surface area contributed by atoms with Gasteiger partial charge in [0.1, 0.15) is 0 Å². The summed E-state index contributed by atoms with van der Waals surface area (Å²) in [6.07, 6.45) is 0. The largest absolute Gasteiger partial charge is 0.253 e. The van der Waals surface area contributed by atoms with Crippen LogP contribution in [0.5, 0.6) is 0 Å². The lowest BCUT2D eigenvalue weighted by Gasteiger charge is -2.19.